The lowest BCUT2D eigenvalue weighted by atomic mass is 9.96. The lowest BCUT2D eigenvalue weighted by Crippen LogP contribution is -2.36. The Morgan fingerprint density at radius 2 is 1.43 bits per heavy atom. The molecule has 196 valence electrons. The summed E-state index contributed by atoms with van der Waals surface area (Å²) in [4.78, 5) is 28.4. The predicted molar refractivity (Wildman–Crippen MR) is 145 cm³/mol. The number of carbonyl (C=O) groups excluding carboxylic acids is 2. The zero-order valence-electron chi connectivity index (χ0n) is 23.1. The average molecular weight is 502 g/mol. The molecular weight excluding hydrogens is 462 g/mol. The fourth-order valence-corrected chi connectivity index (χ4v) is 5.14. The first-order valence-electron chi connectivity index (χ1n) is 13.4. The van der Waals surface area contributed by atoms with Crippen LogP contribution in [0.25, 0.3) is 0 Å². The Kier molecular flexibility index (Phi) is 8.16. The highest BCUT2D eigenvalue weighted by atomic mass is 16.5. The van der Waals surface area contributed by atoms with E-state index in [9.17, 15) is 9.59 Å². The predicted octanol–water partition coefficient (Wildman–Crippen LogP) is 5.80. The van der Waals surface area contributed by atoms with Crippen molar-refractivity contribution in [3.05, 3.63) is 86.8 Å². The third kappa shape index (κ3) is 5.79. The van der Waals surface area contributed by atoms with Crippen LogP contribution in [0.3, 0.4) is 0 Å². The number of aromatic nitrogens is 1. The minimum atomic E-state index is 0.0267. The molecule has 2 aliphatic heterocycles. The number of benzene rings is 2. The molecule has 0 saturated heterocycles. The molecule has 0 radical (unpaired) electrons. The topological polar surface area (TPSA) is 66.7 Å². The van der Waals surface area contributed by atoms with Gasteiger partial charge in [-0.2, -0.15) is 0 Å². The Bertz CT molecular complexity index is 1270. The van der Waals surface area contributed by atoms with Gasteiger partial charge in [-0.3, -0.25) is 9.59 Å². The Hall–Kier alpha value is -3.41. The van der Waals surface area contributed by atoms with Gasteiger partial charge >= 0.3 is 0 Å². The van der Waals surface area contributed by atoms with Crippen LogP contribution in [-0.2, 0) is 43.7 Å². The van der Waals surface area contributed by atoms with Gasteiger partial charge in [0.05, 0.1) is 5.69 Å². The van der Waals surface area contributed by atoms with Crippen LogP contribution >= 0.6 is 0 Å². The van der Waals surface area contributed by atoms with Gasteiger partial charge in [-0.1, -0.05) is 69.2 Å². The van der Waals surface area contributed by atoms with Crippen molar-refractivity contribution in [3.63, 3.8) is 0 Å². The Labute approximate surface area is 220 Å². The number of hydrogen-bond donors (Lipinski definition) is 0. The Morgan fingerprint density at radius 1 is 0.865 bits per heavy atom. The monoisotopic (exact) mass is 501 g/mol. The van der Waals surface area contributed by atoms with Crippen LogP contribution < -0.4 is 0 Å². The summed E-state index contributed by atoms with van der Waals surface area (Å²) in [6, 6.07) is 13.2. The maximum absolute atomic E-state index is 12.7. The molecule has 0 N–H and O–H groups in total. The molecule has 0 unspecified atom stereocenters. The molecule has 0 bridgehead atoms. The van der Waals surface area contributed by atoms with Crippen LogP contribution in [0.5, 0.6) is 0 Å². The number of carbonyl (C=O) groups is 2. The van der Waals surface area contributed by atoms with Crippen molar-refractivity contribution in [2.24, 2.45) is 5.92 Å². The van der Waals surface area contributed by atoms with Crippen LogP contribution in [-0.4, -0.2) is 33.3 Å². The van der Waals surface area contributed by atoms with Gasteiger partial charge in [-0.15, -0.1) is 0 Å². The standard InChI is InChI=1S/C17H20N2O2.C14H19NO/c1-4-13-5-6-14-7-8-19(10-15(14)9-13)17(20)16-11(2)18-21-12(16)3;1-4-11-5-6-12-8-15(9-13(12)7-11)14(16)10(2)3/h5-6,9H,4,7-8,10H2,1-3H3;5-7,10H,4,8-9H2,1-3H3. The van der Waals surface area contributed by atoms with Crippen molar-refractivity contribution in [1.29, 1.82) is 0 Å². The van der Waals surface area contributed by atoms with Crippen molar-refractivity contribution < 1.29 is 14.1 Å². The van der Waals surface area contributed by atoms with Crippen LogP contribution in [0, 0.1) is 19.8 Å². The Morgan fingerprint density at radius 3 is 2.00 bits per heavy atom. The van der Waals surface area contributed by atoms with Gasteiger partial charge < -0.3 is 14.3 Å². The molecule has 0 saturated carbocycles. The molecular formula is C31H39N3O3. The van der Waals surface area contributed by atoms with Crippen molar-refractivity contribution in [2.75, 3.05) is 6.54 Å². The van der Waals surface area contributed by atoms with E-state index in [1.54, 1.807) is 6.92 Å². The molecule has 6 nitrogen and oxygen atoms in total. The zero-order valence-corrected chi connectivity index (χ0v) is 23.1. The van der Waals surface area contributed by atoms with Crippen LogP contribution in [0.4, 0.5) is 0 Å². The molecule has 0 fully saturated rings. The molecule has 5 rings (SSSR count). The molecule has 2 aromatic carbocycles. The molecule has 3 aromatic rings. The summed E-state index contributed by atoms with van der Waals surface area (Å²) in [5.41, 5.74) is 9.23. The molecule has 6 heteroatoms. The van der Waals surface area contributed by atoms with E-state index in [0.717, 1.165) is 38.9 Å². The third-order valence-electron chi connectivity index (χ3n) is 7.43. The summed E-state index contributed by atoms with van der Waals surface area (Å²) in [6.07, 6.45) is 2.99. The van der Waals surface area contributed by atoms with Crippen LogP contribution in [0.2, 0.25) is 0 Å². The lowest BCUT2D eigenvalue weighted by Gasteiger charge is -2.29. The van der Waals surface area contributed by atoms with E-state index in [0.29, 0.717) is 23.6 Å². The summed E-state index contributed by atoms with van der Waals surface area (Å²) < 4.78 is 5.12. The van der Waals surface area contributed by atoms with E-state index in [4.69, 9.17) is 4.52 Å². The average Bonchev–Trinajstić information content (AvgIpc) is 3.49. The molecule has 0 aliphatic carbocycles. The van der Waals surface area contributed by atoms with E-state index in [1.165, 1.54) is 33.4 Å². The quantitative estimate of drug-likeness (QED) is 0.453. The van der Waals surface area contributed by atoms with Crippen LogP contribution in [0.1, 0.15) is 82.9 Å². The minimum Gasteiger partial charge on any atom is -0.361 e. The van der Waals surface area contributed by atoms with E-state index < -0.39 is 0 Å². The highest BCUT2D eigenvalue weighted by Gasteiger charge is 2.27. The van der Waals surface area contributed by atoms with Crippen molar-refractivity contribution in [1.82, 2.24) is 15.0 Å². The van der Waals surface area contributed by atoms with Gasteiger partial charge in [-0.25, -0.2) is 0 Å². The normalized spacial score (nSPS) is 14.2. The van der Waals surface area contributed by atoms with E-state index >= 15 is 0 Å². The van der Waals surface area contributed by atoms with Gasteiger partial charge in [0.2, 0.25) is 5.91 Å². The first kappa shape index (κ1) is 26.6. The minimum absolute atomic E-state index is 0.0267. The molecule has 0 atom stereocenters. The maximum atomic E-state index is 12.7. The number of rotatable bonds is 4. The van der Waals surface area contributed by atoms with Crippen molar-refractivity contribution >= 4 is 11.8 Å². The summed E-state index contributed by atoms with van der Waals surface area (Å²) >= 11 is 0. The van der Waals surface area contributed by atoms with Gasteiger partial charge in [0.25, 0.3) is 5.91 Å². The molecule has 0 spiro atoms. The molecule has 2 aliphatic rings. The fourth-order valence-electron chi connectivity index (χ4n) is 5.14. The van der Waals surface area contributed by atoms with Crippen LogP contribution in [0.15, 0.2) is 40.9 Å². The Balaban J connectivity index is 0.000000180. The van der Waals surface area contributed by atoms with Gasteiger partial charge in [0, 0.05) is 32.1 Å². The molecule has 2 amide bonds. The maximum Gasteiger partial charge on any atom is 0.259 e. The van der Waals surface area contributed by atoms with Crippen molar-refractivity contribution in [2.45, 2.75) is 80.4 Å². The number of nitrogens with zero attached hydrogens (tertiary/aromatic N) is 3. The van der Waals surface area contributed by atoms with E-state index in [-0.39, 0.29) is 17.7 Å². The lowest BCUT2D eigenvalue weighted by molar-refractivity contribution is -0.135. The number of aryl methyl sites for hydroxylation is 4. The van der Waals surface area contributed by atoms with E-state index in [1.807, 2.05) is 30.6 Å². The first-order valence-corrected chi connectivity index (χ1v) is 13.4. The van der Waals surface area contributed by atoms with Gasteiger partial charge in [0.15, 0.2) is 0 Å². The summed E-state index contributed by atoms with van der Waals surface area (Å²) in [7, 11) is 0. The van der Waals surface area contributed by atoms with Crippen molar-refractivity contribution in [3.8, 4) is 0 Å². The fraction of sp³-hybridized carbons (Fsp3) is 0.452. The largest absolute Gasteiger partial charge is 0.361 e. The molecule has 37 heavy (non-hydrogen) atoms. The summed E-state index contributed by atoms with van der Waals surface area (Å²) in [5.74, 6) is 0.985. The summed E-state index contributed by atoms with van der Waals surface area (Å²) in [5, 5.41) is 3.88. The first-order chi connectivity index (χ1) is 17.7. The van der Waals surface area contributed by atoms with Gasteiger partial charge in [0.1, 0.15) is 11.3 Å². The number of amides is 2. The summed E-state index contributed by atoms with van der Waals surface area (Å²) in [6.45, 7) is 14.8. The van der Waals surface area contributed by atoms with E-state index in [2.05, 4.69) is 55.4 Å². The smallest absolute Gasteiger partial charge is 0.259 e. The third-order valence-corrected chi connectivity index (χ3v) is 7.43. The highest BCUT2D eigenvalue weighted by Crippen LogP contribution is 2.26. The van der Waals surface area contributed by atoms with Gasteiger partial charge in [-0.05, 0) is 66.5 Å². The molecule has 3 heterocycles. The zero-order chi connectivity index (χ0) is 26.7. The number of fused-ring (bicyclic) bond motifs is 2. The molecule has 1 aromatic heterocycles. The second-order valence-corrected chi connectivity index (χ2v) is 10.4. The SMILES string of the molecule is CCc1ccc2c(c1)CN(C(=O)C(C)C)C2.CCc1ccc2c(c1)CN(C(=O)c1c(C)noc1C)CC2. The highest BCUT2D eigenvalue weighted by molar-refractivity contribution is 5.96. The second kappa shape index (κ2) is 11.3. The second-order valence-electron chi connectivity index (χ2n) is 10.4. The number of hydrogen-bond acceptors (Lipinski definition) is 4.